The molecule has 7 heteroatoms. The Kier molecular flexibility index (Phi) is 4.87. The normalized spacial score (nSPS) is 10.5. The Bertz CT molecular complexity index is 708. The highest BCUT2D eigenvalue weighted by atomic mass is 32.1. The molecule has 0 atom stereocenters. The van der Waals surface area contributed by atoms with Crippen LogP contribution in [-0.2, 0) is 4.79 Å². The molecule has 0 fully saturated rings. The topological polar surface area (TPSA) is 79.3 Å². The van der Waals surface area contributed by atoms with Crippen LogP contribution in [0.2, 0.25) is 0 Å². The molecule has 0 bridgehead atoms. The molecular weight excluding hydrogens is 307 g/mol. The molecule has 0 aliphatic carbocycles. The summed E-state index contributed by atoms with van der Waals surface area (Å²) in [5.41, 5.74) is 2.35. The van der Waals surface area contributed by atoms with Crippen LogP contribution in [0.3, 0.4) is 0 Å². The molecule has 0 aliphatic rings. The number of nitrogens with zero attached hydrogens (tertiary/aromatic N) is 1. The number of aryl methyl sites for hydroxylation is 2. The van der Waals surface area contributed by atoms with Gasteiger partial charge in [0.2, 0.25) is 0 Å². The lowest BCUT2D eigenvalue weighted by Crippen LogP contribution is -2.26. The van der Waals surface area contributed by atoms with Crippen molar-refractivity contribution in [2.24, 2.45) is 0 Å². The maximum absolute atomic E-state index is 13.8. The highest BCUT2D eigenvalue weighted by Crippen LogP contribution is 2.30. The summed E-state index contributed by atoms with van der Waals surface area (Å²) in [4.78, 5) is 23.4. The number of carboxylic acid groups (broad SMARTS) is 1. The number of halogens is 1. The molecular formula is C15H15FN2O3S. The molecule has 0 saturated heterocycles. The van der Waals surface area contributed by atoms with E-state index >= 15 is 0 Å². The molecule has 2 rings (SSSR count). The van der Waals surface area contributed by atoms with Crippen LogP contribution >= 0.6 is 11.5 Å². The maximum atomic E-state index is 13.8. The Hall–Kier alpha value is -2.28. The van der Waals surface area contributed by atoms with Crippen molar-refractivity contribution in [3.8, 4) is 11.1 Å². The number of aliphatic carboxylic acids is 1. The van der Waals surface area contributed by atoms with E-state index in [0.29, 0.717) is 5.56 Å². The van der Waals surface area contributed by atoms with Gasteiger partial charge in [0.25, 0.3) is 5.91 Å². The molecule has 0 aliphatic heterocycles. The van der Waals surface area contributed by atoms with Gasteiger partial charge in [0.05, 0.1) is 12.1 Å². The zero-order valence-electron chi connectivity index (χ0n) is 12.1. The first-order chi connectivity index (χ1) is 10.4. The van der Waals surface area contributed by atoms with Crippen molar-refractivity contribution in [2.75, 3.05) is 6.54 Å². The van der Waals surface area contributed by atoms with Crippen molar-refractivity contribution in [3.05, 3.63) is 40.2 Å². The van der Waals surface area contributed by atoms with E-state index in [1.165, 1.54) is 17.6 Å². The van der Waals surface area contributed by atoms with E-state index in [1.807, 2.05) is 13.8 Å². The molecule has 0 radical (unpaired) electrons. The van der Waals surface area contributed by atoms with Crippen molar-refractivity contribution in [1.29, 1.82) is 0 Å². The quantitative estimate of drug-likeness (QED) is 0.887. The minimum absolute atomic E-state index is 0.00191. The van der Waals surface area contributed by atoms with Gasteiger partial charge in [0, 0.05) is 22.5 Å². The van der Waals surface area contributed by atoms with Gasteiger partial charge in [-0.2, -0.15) is 4.37 Å². The Morgan fingerprint density at radius 3 is 2.64 bits per heavy atom. The van der Waals surface area contributed by atoms with Crippen LogP contribution in [0.15, 0.2) is 18.2 Å². The van der Waals surface area contributed by atoms with Gasteiger partial charge in [-0.1, -0.05) is 0 Å². The predicted octanol–water partition coefficient (Wildman–Crippen LogP) is 2.77. The second-order valence-electron chi connectivity index (χ2n) is 4.83. The lowest BCUT2D eigenvalue weighted by molar-refractivity contribution is -0.136. The molecule has 2 aromatic rings. The van der Waals surface area contributed by atoms with E-state index in [2.05, 4.69) is 9.69 Å². The second kappa shape index (κ2) is 6.65. The van der Waals surface area contributed by atoms with Crippen LogP contribution in [0.25, 0.3) is 11.1 Å². The number of carboxylic acids is 1. The fourth-order valence-corrected chi connectivity index (χ4v) is 2.87. The molecule has 2 N–H and O–H groups in total. The van der Waals surface area contributed by atoms with Crippen molar-refractivity contribution in [3.63, 3.8) is 0 Å². The van der Waals surface area contributed by atoms with Crippen LogP contribution in [0.5, 0.6) is 0 Å². The van der Waals surface area contributed by atoms with Crippen LogP contribution < -0.4 is 5.32 Å². The van der Waals surface area contributed by atoms with E-state index in [-0.39, 0.29) is 18.5 Å². The summed E-state index contributed by atoms with van der Waals surface area (Å²) in [6.45, 7) is 3.71. The molecule has 1 heterocycles. The maximum Gasteiger partial charge on any atom is 0.305 e. The van der Waals surface area contributed by atoms with Gasteiger partial charge < -0.3 is 10.4 Å². The van der Waals surface area contributed by atoms with E-state index in [0.717, 1.165) is 22.2 Å². The van der Waals surface area contributed by atoms with Crippen molar-refractivity contribution >= 4 is 23.4 Å². The van der Waals surface area contributed by atoms with Crippen LogP contribution in [-0.4, -0.2) is 27.9 Å². The molecule has 116 valence electrons. The van der Waals surface area contributed by atoms with Crippen molar-refractivity contribution < 1.29 is 19.1 Å². The number of hydrogen-bond donors (Lipinski definition) is 2. The lowest BCUT2D eigenvalue weighted by atomic mass is 10.0. The summed E-state index contributed by atoms with van der Waals surface area (Å²) in [5.74, 6) is -2.03. The fourth-order valence-electron chi connectivity index (χ4n) is 2.15. The first-order valence-corrected chi connectivity index (χ1v) is 7.39. The van der Waals surface area contributed by atoms with Crippen molar-refractivity contribution in [2.45, 2.75) is 20.3 Å². The Labute approximate surface area is 131 Å². The molecule has 0 spiro atoms. The van der Waals surface area contributed by atoms with E-state index in [9.17, 15) is 14.0 Å². The highest BCUT2D eigenvalue weighted by molar-refractivity contribution is 7.06. The molecule has 1 amide bonds. The molecule has 1 aromatic heterocycles. The van der Waals surface area contributed by atoms with Gasteiger partial charge in [0.1, 0.15) is 5.82 Å². The van der Waals surface area contributed by atoms with Crippen LogP contribution in [0, 0.1) is 19.7 Å². The molecule has 0 unspecified atom stereocenters. The smallest absolute Gasteiger partial charge is 0.305 e. The number of rotatable bonds is 5. The third-order valence-electron chi connectivity index (χ3n) is 3.11. The fraction of sp³-hybridized carbons (Fsp3) is 0.267. The number of aromatic nitrogens is 1. The van der Waals surface area contributed by atoms with Gasteiger partial charge >= 0.3 is 5.97 Å². The van der Waals surface area contributed by atoms with Crippen LogP contribution in [0.4, 0.5) is 4.39 Å². The minimum atomic E-state index is -1.00. The highest BCUT2D eigenvalue weighted by Gasteiger charge is 2.14. The van der Waals surface area contributed by atoms with Gasteiger partial charge in [-0.3, -0.25) is 9.59 Å². The standard InChI is InChI=1S/C15H15FN2O3S/c1-8-14(9(2)22-18-8)10-5-11(7-12(16)6-10)15(21)17-4-3-13(19)20/h5-7H,3-4H2,1-2H3,(H,17,21)(H,19,20). The third kappa shape index (κ3) is 3.67. The zero-order chi connectivity index (χ0) is 16.3. The summed E-state index contributed by atoms with van der Waals surface area (Å²) in [5, 5.41) is 11.0. The van der Waals surface area contributed by atoms with Crippen molar-refractivity contribution in [1.82, 2.24) is 9.69 Å². The summed E-state index contributed by atoms with van der Waals surface area (Å²) in [6, 6.07) is 4.07. The molecule has 5 nitrogen and oxygen atoms in total. The summed E-state index contributed by atoms with van der Waals surface area (Å²) >= 11 is 1.32. The molecule has 22 heavy (non-hydrogen) atoms. The number of carbonyl (C=O) groups is 2. The average Bonchev–Trinajstić information content (AvgIpc) is 2.77. The third-order valence-corrected chi connectivity index (χ3v) is 3.95. The number of amides is 1. The average molecular weight is 322 g/mol. The Balaban J connectivity index is 2.27. The monoisotopic (exact) mass is 322 g/mol. The van der Waals surface area contributed by atoms with E-state index in [4.69, 9.17) is 5.11 Å². The molecule has 1 aromatic carbocycles. The number of carbonyl (C=O) groups excluding carboxylic acids is 1. The Morgan fingerprint density at radius 1 is 1.32 bits per heavy atom. The zero-order valence-corrected chi connectivity index (χ0v) is 13.0. The largest absolute Gasteiger partial charge is 0.481 e. The SMILES string of the molecule is Cc1nsc(C)c1-c1cc(F)cc(C(=O)NCCC(=O)O)c1. The number of nitrogens with one attached hydrogen (secondary N) is 1. The number of hydrogen-bond acceptors (Lipinski definition) is 4. The first-order valence-electron chi connectivity index (χ1n) is 6.62. The Morgan fingerprint density at radius 2 is 2.05 bits per heavy atom. The summed E-state index contributed by atoms with van der Waals surface area (Å²) < 4.78 is 18.0. The lowest BCUT2D eigenvalue weighted by Gasteiger charge is -2.07. The second-order valence-corrected chi connectivity index (χ2v) is 5.80. The predicted molar refractivity (Wildman–Crippen MR) is 81.6 cm³/mol. The summed E-state index contributed by atoms with van der Waals surface area (Å²) in [6.07, 6.45) is -0.180. The van der Waals surface area contributed by atoms with E-state index in [1.54, 1.807) is 6.07 Å². The van der Waals surface area contributed by atoms with Crippen LogP contribution in [0.1, 0.15) is 27.3 Å². The summed E-state index contributed by atoms with van der Waals surface area (Å²) in [7, 11) is 0. The van der Waals surface area contributed by atoms with Gasteiger partial charge in [-0.25, -0.2) is 4.39 Å². The first kappa shape index (κ1) is 16.1. The minimum Gasteiger partial charge on any atom is -0.481 e. The van der Waals surface area contributed by atoms with Gasteiger partial charge in [-0.05, 0) is 49.1 Å². The van der Waals surface area contributed by atoms with Gasteiger partial charge in [0.15, 0.2) is 0 Å². The number of benzene rings is 1. The van der Waals surface area contributed by atoms with Gasteiger partial charge in [-0.15, -0.1) is 0 Å². The molecule has 0 saturated carbocycles. The van der Waals surface area contributed by atoms with E-state index < -0.39 is 17.7 Å².